The van der Waals surface area contributed by atoms with E-state index in [0.717, 1.165) is 19.4 Å². The van der Waals surface area contributed by atoms with Crippen LogP contribution in [-0.4, -0.2) is 41.7 Å². The van der Waals surface area contributed by atoms with Gasteiger partial charge in [-0.3, -0.25) is 9.69 Å². The first-order valence-corrected chi connectivity index (χ1v) is 8.21. The van der Waals surface area contributed by atoms with Gasteiger partial charge in [0, 0.05) is 23.6 Å². The molecule has 1 heterocycles. The second-order valence-corrected chi connectivity index (χ2v) is 7.18. The minimum absolute atomic E-state index is 0.105. The number of nitrogens with zero attached hydrogens (tertiary/aromatic N) is 1. The van der Waals surface area contributed by atoms with Crippen LogP contribution in [-0.2, 0) is 4.79 Å². The van der Waals surface area contributed by atoms with Gasteiger partial charge in [-0.25, -0.2) is 0 Å². The highest BCUT2D eigenvalue weighted by molar-refractivity contribution is 6.36. The molecule has 2 rings (SSSR count). The van der Waals surface area contributed by atoms with Crippen molar-refractivity contribution in [1.82, 2.24) is 4.90 Å². The summed E-state index contributed by atoms with van der Waals surface area (Å²) in [5, 5.41) is 13.3. The molecule has 0 aliphatic carbocycles. The molecule has 2 unspecified atom stereocenters. The average Bonchev–Trinajstić information content (AvgIpc) is 2.49. The van der Waals surface area contributed by atoms with Crippen molar-refractivity contribution in [3.05, 3.63) is 28.2 Å². The van der Waals surface area contributed by atoms with Crippen molar-refractivity contribution in [2.75, 3.05) is 25.0 Å². The van der Waals surface area contributed by atoms with Crippen LogP contribution in [0.25, 0.3) is 0 Å². The van der Waals surface area contributed by atoms with Crippen LogP contribution in [0.4, 0.5) is 5.69 Å². The maximum absolute atomic E-state index is 12.4. The number of aliphatic hydroxyl groups excluding tert-OH is 1. The van der Waals surface area contributed by atoms with Crippen molar-refractivity contribution >= 4 is 34.8 Å². The highest BCUT2D eigenvalue weighted by Gasteiger charge is 2.34. The van der Waals surface area contributed by atoms with Gasteiger partial charge >= 0.3 is 0 Å². The van der Waals surface area contributed by atoms with Gasteiger partial charge in [-0.1, -0.05) is 30.1 Å². The van der Waals surface area contributed by atoms with Gasteiger partial charge in [0.05, 0.1) is 16.8 Å². The highest BCUT2D eigenvalue weighted by atomic mass is 35.5. The maximum atomic E-state index is 12.4. The van der Waals surface area contributed by atoms with Crippen molar-refractivity contribution in [3.8, 4) is 0 Å². The number of benzene rings is 1. The molecular weight excluding hydrogens is 323 g/mol. The minimum atomic E-state index is -0.280. The van der Waals surface area contributed by atoms with Crippen LogP contribution in [0.2, 0.25) is 10.0 Å². The fourth-order valence-electron chi connectivity index (χ4n) is 2.81. The summed E-state index contributed by atoms with van der Waals surface area (Å²) in [6.45, 7) is 5.65. The Morgan fingerprint density at radius 3 is 2.86 bits per heavy atom. The van der Waals surface area contributed by atoms with Crippen molar-refractivity contribution in [1.29, 1.82) is 0 Å². The minimum Gasteiger partial charge on any atom is -0.396 e. The molecule has 1 aliphatic heterocycles. The molecule has 122 valence electrons. The van der Waals surface area contributed by atoms with E-state index in [-0.39, 0.29) is 24.0 Å². The van der Waals surface area contributed by atoms with E-state index in [9.17, 15) is 9.90 Å². The molecule has 0 radical (unpaired) electrons. The van der Waals surface area contributed by atoms with Gasteiger partial charge in [0.25, 0.3) is 0 Å². The summed E-state index contributed by atoms with van der Waals surface area (Å²) in [6.07, 6.45) is 1.97. The summed E-state index contributed by atoms with van der Waals surface area (Å²) >= 11 is 11.9. The first-order chi connectivity index (χ1) is 10.3. The van der Waals surface area contributed by atoms with Gasteiger partial charge in [-0.2, -0.15) is 0 Å². The van der Waals surface area contributed by atoms with E-state index in [2.05, 4.69) is 17.1 Å². The fourth-order valence-corrected chi connectivity index (χ4v) is 3.27. The van der Waals surface area contributed by atoms with Crippen LogP contribution in [0, 0.1) is 5.41 Å². The van der Waals surface area contributed by atoms with Crippen LogP contribution in [0.3, 0.4) is 0 Å². The number of piperidine rings is 1. The SMILES string of the molecule is CC(C(=O)Nc1ccc(Cl)cc1Cl)N1CCCC(C)(CO)C1. The largest absolute Gasteiger partial charge is 0.396 e. The number of nitrogens with one attached hydrogen (secondary N) is 1. The topological polar surface area (TPSA) is 52.6 Å². The number of likely N-dealkylation sites (tertiary alicyclic amines) is 1. The van der Waals surface area contributed by atoms with Gasteiger partial charge in [-0.15, -0.1) is 0 Å². The van der Waals surface area contributed by atoms with Crippen LogP contribution in [0.15, 0.2) is 18.2 Å². The zero-order valence-electron chi connectivity index (χ0n) is 12.9. The van der Waals surface area contributed by atoms with E-state index in [1.165, 1.54) is 0 Å². The molecule has 1 aromatic rings. The van der Waals surface area contributed by atoms with Gasteiger partial charge < -0.3 is 10.4 Å². The standard InChI is InChI=1S/C16H22Cl2N2O2/c1-11(20-7-3-6-16(2,9-20)10-21)15(22)19-14-5-4-12(17)8-13(14)18/h4-5,8,11,21H,3,6-7,9-10H2,1-2H3,(H,19,22). The molecule has 0 spiro atoms. The second-order valence-electron chi connectivity index (χ2n) is 6.33. The summed E-state index contributed by atoms with van der Waals surface area (Å²) in [5.74, 6) is -0.105. The Bertz CT molecular complexity index is 553. The summed E-state index contributed by atoms with van der Waals surface area (Å²) < 4.78 is 0. The zero-order valence-corrected chi connectivity index (χ0v) is 14.4. The lowest BCUT2D eigenvalue weighted by Gasteiger charge is -2.41. The lowest BCUT2D eigenvalue weighted by atomic mass is 9.82. The van der Waals surface area contributed by atoms with E-state index in [0.29, 0.717) is 22.3 Å². The Hall–Kier alpha value is -0.810. The van der Waals surface area contributed by atoms with E-state index in [1.807, 2.05) is 6.92 Å². The molecule has 0 aromatic heterocycles. The average molecular weight is 345 g/mol. The summed E-state index contributed by atoms with van der Waals surface area (Å²) in [4.78, 5) is 14.6. The van der Waals surface area contributed by atoms with Crippen LogP contribution >= 0.6 is 23.2 Å². The molecule has 22 heavy (non-hydrogen) atoms. The molecule has 1 aliphatic rings. The lowest BCUT2D eigenvalue weighted by Crippen LogP contribution is -2.51. The van der Waals surface area contributed by atoms with E-state index in [1.54, 1.807) is 18.2 Å². The predicted octanol–water partition coefficient (Wildman–Crippen LogP) is 3.41. The normalized spacial score (nSPS) is 24.0. The molecule has 6 heteroatoms. The number of aliphatic hydroxyl groups is 1. The van der Waals surface area contributed by atoms with Crippen molar-refractivity contribution in [2.45, 2.75) is 32.7 Å². The molecule has 1 aromatic carbocycles. The van der Waals surface area contributed by atoms with Gasteiger partial charge in [0.15, 0.2) is 0 Å². The van der Waals surface area contributed by atoms with Gasteiger partial charge in [0.1, 0.15) is 0 Å². The monoisotopic (exact) mass is 344 g/mol. The van der Waals surface area contributed by atoms with Gasteiger partial charge in [-0.05, 0) is 44.5 Å². The molecule has 4 nitrogen and oxygen atoms in total. The number of rotatable bonds is 4. The van der Waals surface area contributed by atoms with E-state index in [4.69, 9.17) is 23.2 Å². The quantitative estimate of drug-likeness (QED) is 0.879. The summed E-state index contributed by atoms with van der Waals surface area (Å²) in [7, 11) is 0. The van der Waals surface area contributed by atoms with E-state index < -0.39 is 0 Å². The van der Waals surface area contributed by atoms with Crippen LogP contribution in [0.5, 0.6) is 0 Å². The first kappa shape index (κ1) is 17.5. The van der Waals surface area contributed by atoms with E-state index >= 15 is 0 Å². The Morgan fingerprint density at radius 1 is 1.50 bits per heavy atom. The molecule has 1 saturated heterocycles. The Kier molecular flexibility index (Phi) is 5.72. The second kappa shape index (κ2) is 7.18. The Balaban J connectivity index is 2.02. The molecule has 2 N–H and O–H groups in total. The highest BCUT2D eigenvalue weighted by Crippen LogP contribution is 2.30. The number of carbonyl (C=O) groups is 1. The van der Waals surface area contributed by atoms with Crippen LogP contribution in [0.1, 0.15) is 26.7 Å². The van der Waals surface area contributed by atoms with Crippen molar-refractivity contribution < 1.29 is 9.90 Å². The molecule has 0 saturated carbocycles. The molecule has 1 amide bonds. The Labute approximate surface area is 141 Å². The smallest absolute Gasteiger partial charge is 0.241 e. The molecular formula is C16H22Cl2N2O2. The van der Waals surface area contributed by atoms with Crippen molar-refractivity contribution in [2.24, 2.45) is 5.41 Å². The Morgan fingerprint density at radius 2 is 2.23 bits per heavy atom. The number of hydrogen-bond donors (Lipinski definition) is 2. The third-order valence-corrected chi connectivity index (χ3v) is 4.86. The van der Waals surface area contributed by atoms with Crippen molar-refractivity contribution in [3.63, 3.8) is 0 Å². The van der Waals surface area contributed by atoms with Crippen LogP contribution < -0.4 is 5.32 Å². The summed E-state index contributed by atoms with van der Waals surface area (Å²) in [6, 6.07) is 4.71. The molecule has 0 bridgehead atoms. The predicted molar refractivity (Wildman–Crippen MR) is 90.6 cm³/mol. The number of hydrogen-bond acceptors (Lipinski definition) is 3. The number of carbonyl (C=O) groups excluding carboxylic acids is 1. The first-order valence-electron chi connectivity index (χ1n) is 7.45. The number of amides is 1. The zero-order chi connectivity index (χ0) is 16.3. The third kappa shape index (κ3) is 4.13. The summed E-state index contributed by atoms with van der Waals surface area (Å²) in [5.41, 5.74) is 0.426. The third-order valence-electron chi connectivity index (χ3n) is 4.31. The lowest BCUT2D eigenvalue weighted by molar-refractivity contribution is -0.122. The maximum Gasteiger partial charge on any atom is 0.241 e. The van der Waals surface area contributed by atoms with Gasteiger partial charge in [0.2, 0.25) is 5.91 Å². The number of anilines is 1. The molecule has 1 fully saturated rings. The number of halogens is 2. The molecule has 2 atom stereocenters. The fraction of sp³-hybridized carbons (Fsp3) is 0.562.